The summed E-state index contributed by atoms with van der Waals surface area (Å²) < 4.78 is 16.7. The highest BCUT2D eigenvalue weighted by molar-refractivity contribution is 6.46. The van der Waals surface area contributed by atoms with E-state index in [-0.39, 0.29) is 11.3 Å². The van der Waals surface area contributed by atoms with Crippen LogP contribution >= 0.6 is 0 Å². The number of benzene rings is 2. The van der Waals surface area contributed by atoms with Gasteiger partial charge in [-0.25, -0.2) is 0 Å². The quantitative estimate of drug-likeness (QED) is 0.296. The molecule has 0 bridgehead atoms. The van der Waals surface area contributed by atoms with Gasteiger partial charge in [-0.3, -0.25) is 9.59 Å². The molecule has 2 aromatic rings. The van der Waals surface area contributed by atoms with E-state index in [0.29, 0.717) is 54.6 Å². The highest BCUT2D eigenvalue weighted by Gasteiger charge is 2.46. The standard InChI is InChI=1S/C27H34N2O6/c1-6-34-20-12-13-21(22(17-20)35-7-2)25(30)23-24(18-10-8-11-19(16-18)33-5)29(27(32)26(23)31)15-9-14-28(3)4/h8,10-13,16-17,24,30H,6-7,9,14-15H2,1-5H3/b25-23-. The van der Waals surface area contributed by atoms with Gasteiger partial charge in [-0.1, -0.05) is 12.1 Å². The van der Waals surface area contributed by atoms with Gasteiger partial charge in [0.05, 0.1) is 37.5 Å². The predicted molar refractivity (Wildman–Crippen MR) is 134 cm³/mol. The van der Waals surface area contributed by atoms with Gasteiger partial charge in [-0.2, -0.15) is 0 Å². The topological polar surface area (TPSA) is 88.5 Å². The van der Waals surface area contributed by atoms with E-state index >= 15 is 0 Å². The number of rotatable bonds is 11. The predicted octanol–water partition coefficient (Wildman–Crippen LogP) is 3.87. The zero-order valence-electron chi connectivity index (χ0n) is 21.0. The van der Waals surface area contributed by atoms with Crippen molar-refractivity contribution >= 4 is 17.4 Å². The molecule has 1 N–H and O–H groups in total. The van der Waals surface area contributed by atoms with Crippen molar-refractivity contribution in [3.8, 4) is 17.2 Å². The number of carbonyl (C=O) groups is 2. The smallest absolute Gasteiger partial charge is 0.295 e. The lowest BCUT2D eigenvalue weighted by molar-refractivity contribution is -0.139. The normalized spacial score (nSPS) is 17.2. The van der Waals surface area contributed by atoms with Crippen LogP contribution in [0, 0.1) is 0 Å². The first kappa shape index (κ1) is 26.1. The lowest BCUT2D eigenvalue weighted by atomic mass is 9.94. The van der Waals surface area contributed by atoms with Crippen molar-refractivity contribution in [3.05, 3.63) is 59.2 Å². The van der Waals surface area contributed by atoms with E-state index in [2.05, 4.69) is 0 Å². The minimum Gasteiger partial charge on any atom is -0.507 e. The van der Waals surface area contributed by atoms with E-state index < -0.39 is 17.7 Å². The summed E-state index contributed by atoms with van der Waals surface area (Å²) in [6.45, 7) is 5.65. The Balaban J connectivity index is 2.16. The van der Waals surface area contributed by atoms with Crippen molar-refractivity contribution < 1.29 is 28.9 Å². The minimum atomic E-state index is -0.756. The Kier molecular flexibility index (Phi) is 8.76. The Morgan fingerprint density at radius 1 is 1.03 bits per heavy atom. The van der Waals surface area contributed by atoms with Gasteiger partial charge in [0.2, 0.25) is 0 Å². The molecule has 8 nitrogen and oxygen atoms in total. The van der Waals surface area contributed by atoms with Crippen molar-refractivity contribution in [2.45, 2.75) is 26.3 Å². The molecule has 1 aliphatic heterocycles. The zero-order chi connectivity index (χ0) is 25.5. The second-order valence-electron chi connectivity index (χ2n) is 8.45. The molecular weight excluding hydrogens is 448 g/mol. The van der Waals surface area contributed by atoms with Crippen LogP contribution in [-0.2, 0) is 9.59 Å². The number of ether oxygens (including phenoxy) is 3. The van der Waals surface area contributed by atoms with E-state index in [1.54, 1.807) is 43.5 Å². The largest absolute Gasteiger partial charge is 0.507 e. The maximum absolute atomic E-state index is 13.3. The van der Waals surface area contributed by atoms with Gasteiger partial charge < -0.3 is 29.1 Å². The number of nitrogens with zero attached hydrogens (tertiary/aromatic N) is 2. The summed E-state index contributed by atoms with van der Waals surface area (Å²) in [5, 5.41) is 11.4. The van der Waals surface area contributed by atoms with Crippen LogP contribution in [-0.4, -0.2) is 74.1 Å². The number of hydrogen-bond donors (Lipinski definition) is 1. The molecule has 1 unspecified atom stereocenters. The number of methoxy groups -OCH3 is 1. The van der Waals surface area contributed by atoms with Gasteiger partial charge in [0.15, 0.2) is 0 Å². The van der Waals surface area contributed by atoms with E-state index in [1.165, 1.54) is 4.90 Å². The fourth-order valence-corrected chi connectivity index (χ4v) is 4.20. The lowest BCUT2D eigenvalue weighted by Gasteiger charge is -2.26. The van der Waals surface area contributed by atoms with Crippen molar-refractivity contribution in [1.29, 1.82) is 0 Å². The van der Waals surface area contributed by atoms with Crippen LogP contribution in [0.3, 0.4) is 0 Å². The molecule has 188 valence electrons. The number of Topliss-reactive ketones (excluding diaryl/α,β-unsaturated/α-hetero) is 1. The van der Waals surface area contributed by atoms with Gasteiger partial charge in [-0.05, 0) is 70.7 Å². The summed E-state index contributed by atoms with van der Waals surface area (Å²) in [6.07, 6.45) is 0.674. The SMILES string of the molecule is CCOc1ccc(/C(O)=C2/C(=O)C(=O)N(CCCN(C)C)C2c2cccc(OC)c2)c(OCC)c1. The first-order valence-electron chi connectivity index (χ1n) is 11.8. The maximum Gasteiger partial charge on any atom is 0.295 e. The fraction of sp³-hybridized carbons (Fsp3) is 0.407. The van der Waals surface area contributed by atoms with Crippen molar-refractivity contribution in [2.75, 3.05) is 47.5 Å². The molecular formula is C27H34N2O6. The first-order valence-corrected chi connectivity index (χ1v) is 11.8. The van der Waals surface area contributed by atoms with Gasteiger partial charge in [0.1, 0.15) is 23.0 Å². The van der Waals surface area contributed by atoms with Crippen LogP contribution in [0.2, 0.25) is 0 Å². The molecule has 8 heteroatoms. The number of amides is 1. The second-order valence-corrected chi connectivity index (χ2v) is 8.45. The number of carbonyl (C=O) groups excluding carboxylic acids is 2. The molecule has 1 amide bonds. The van der Waals surface area contributed by atoms with Crippen LogP contribution < -0.4 is 14.2 Å². The Morgan fingerprint density at radius 2 is 1.77 bits per heavy atom. The minimum absolute atomic E-state index is 0.0261. The molecule has 35 heavy (non-hydrogen) atoms. The van der Waals surface area contributed by atoms with Crippen molar-refractivity contribution in [1.82, 2.24) is 9.80 Å². The molecule has 1 heterocycles. The molecule has 0 aromatic heterocycles. The monoisotopic (exact) mass is 482 g/mol. The molecule has 0 aliphatic carbocycles. The van der Waals surface area contributed by atoms with Gasteiger partial charge in [0, 0.05) is 12.6 Å². The van der Waals surface area contributed by atoms with E-state index in [9.17, 15) is 14.7 Å². The summed E-state index contributed by atoms with van der Waals surface area (Å²) in [4.78, 5) is 30.0. The average Bonchev–Trinajstić information content (AvgIpc) is 3.09. The van der Waals surface area contributed by atoms with Crippen LogP contribution in [0.15, 0.2) is 48.0 Å². The Hall–Kier alpha value is -3.52. The Bertz CT molecular complexity index is 1090. The molecule has 0 radical (unpaired) electrons. The van der Waals surface area contributed by atoms with Crippen LogP contribution in [0.1, 0.15) is 37.4 Å². The molecule has 0 saturated carbocycles. The third-order valence-corrected chi connectivity index (χ3v) is 5.77. The van der Waals surface area contributed by atoms with Gasteiger partial charge >= 0.3 is 0 Å². The number of aliphatic hydroxyl groups is 1. The highest BCUT2D eigenvalue weighted by atomic mass is 16.5. The van der Waals surface area contributed by atoms with Crippen LogP contribution in [0.5, 0.6) is 17.2 Å². The molecule has 2 aromatic carbocycles. The highest BCUT2D eigenvalue weighted by Crippen LogP contribution is 2.42. The van der Waals surface area contributed by atoms with Gasteiger partial charge in [-0.15, -0.1) is 0 Å². The van der Waals surface area contributed by atoms with E-state index in [0.717, 1.165) is 6.54 Å². The molecule has 1 atom stereocenters. The first-order chi connectivity index (χ1) is 16.8. The van der Waals surface area contributed by atoms with Crippen LogP contribution in [0.25, 0.3) is 5.76 Å². The van der Waals surface area contributed by atoms with Crippen molar-refractivity contribution in [2.24, 2.45) is 0 Å². The molecule has 1 aliphatic rings. The van der Waals surface area contributed by atoms with Crippen molar-refractivity contribution in [3.63, 3.8) is 0 Å². The average molecular weight is 483 g/mol. The molecule has 3 rings (SSSR count). The number of hydrogen-bond acceptors (Lipinski definition) is 7. The van der Waals surface area contributed by atoms with E-state index in [4.69, 9.17) is 14.2 Å². The number of aliphatic hydroxyl groups excluding tert-OH is 1. The fourth-order valence-electron chi connectivity index (χ4n) is 4.20. The summed E-state index contributed by atoms with van der Waals surface area (Å²) in [5.41, 5.74) is 1.03. The number of likely N-dealkylation sites (tertiary alicyclic amines) is 1. The number of ketones is 1. The molecule has 1 fully saturated rings. The molecule has 1 saturated heterocycles. The summed E-state index contributed by atoms with van der Waals surface area (Å²) in [6, 6.07) is 11.5. The van der Waals surface area contributed by atoms with Crippen LogP contribution in [0.4, 0.5) is 0 Å². The third kappa shape index (κ3) is 5.77. The maximum atomic E-state index is 13.3. The molecule has 0 spiro atoms. The summed E-state index contributed by atoms with van der Waals surface area (Å²) >= 11 is 0. The van der Waals surface area contributed by atoms with Gasteiger partial charge in [0.25, 0.3) is 11.7 Å². The third-order valence-electron chi connectivity index (χ3n) is 5.77. The summed E-state index contributed by atoms with van der Waals surface area (Å²) in [7, 11) is 5.46. The lowest BCUT2D eigenvalue weighted by Crippen LogP contribution is -2.32. The second kappa shape index (κ2) is 11.8. The summed E-state index contributed by atoms with van der Waals surface area (Å²) in [5.74, 6) is -0.0890. The Morgan fingerprint density at radius 3 is 2.43 bits per heavy atom. The van der Waals surface area contributed by atoms with E-state index in [1.807, 2.05) is 38.9 Å². The Labute approximate surface area is 206 Å². The zero-order valence-corrected chi connectivity index (χ0v) is 21.0.